The van der Waals surface area contributed by atoms with Crippen LogP contribution in [0.15, 0.2) is 24.3 Å². The molecular weight excluding hydrogens is 248 g/mol. The van der Waals surface area contributed by atoms with Crippen molar-refractivity contribution in [3.63, 3.8) is 0 Å². The summed E-state index contributed by atoms with van der Waals surface area (Å²) in [5.74, 6) is 0.253. The van der Waals surface area contributed by atoms with Gasteiger partial charge >= 0.3 is 0 Å². The number of nitrogens with one attached hydrogen (secondary N) is 1. The zero-order valence-electron chi connectivity index (χ0n) is 12.5. The van der Waals surface area contributed by atoms with Gasteiger partial charge in [0.2, 0.25) is 5.91 Å². The third-order valence-corrected chi connectivity index (χ3v) is 4.59. The van der Waals surface area contributed by atoms with Gasteiger partial charge in [-0.25, -0.2) is 0 Å². The van der Waals surface area contributed by atoms with Crippen LogP contribution in [-0.4, -0.2) is 18.5 Å². The van der Waals surface area contributed by atoms with Crippen molar-refractivity contribution in [2.75, 3.05) is 16.8 Å². The first-order chi connectivity index (χ1) is 9.53. The van der Waals surface area contributed by atoms with Crippen LogP contribution in [0.25, 0.3) is 0 Å². The first-order valence-electron chi connectivity index (χ1n) is 7.70. The molecule has 1 N–H and O–H groups in total. The number of amides is 1. The molecule has 1 aliphatic heterocycles. The average molecular weight is 272 g/mol. The van der Waals surface area contributed by atoms with E-state index in [9.17, 15) is 4.79 Å². The molecule has 1 aromatic rings. The highest BCUT2D eigenvalue weighted by Gasteiger charge is 2.30. The van der Waals surface area contributed by atoms with Crippen LogP contribution in [-0.2, 0) is 4.79 Å². The predicted octanol–water partition coefficient (Wildman–Crippen LogP) is 3.80. The van der Waals surface area contributed by atoms with Crippen molar-refractivity contribution in [2.24, 2.45) is 5.41 Å². The maximum absolute atomic E-state index is 11.7. The van der Waals surface area contributed by atoms with Crippen molar-refractivity contribution in [3.8, 4) is 0 Å². The van der Waals surface area contributed by atoms with Crippen molar-refractivity contribution in [2.45, 2.75) is 52.0 Å². The summed E-state index contributed by atoms with van der Waals surface area (Å²) in [7, 11) is 0. The van der Waals surface area contributed by atoms with Crippen LogP contribution in [0.3, 0.4) is 0 Å². The number of rotatable bonds is 3. The Labute approximate surface area is 121 Å². The monoisotopic (exact) mass is 272 g/mol. The molecule has 1 saturated carbocycles. The summed E-state index contributed by atoms with van der Waals surface area (Å²) in [6, 6.07) is 8.92. The van der Waals surface area contributed by atoms with Gasteiger partial charge in [0.05, 0.1) is 0 Å². The minimum Gasteiger partial charge on any atom is -0.382 e. The standard InChI is InChI=1S/C17H24N2O/c1-17(2)10-9-14(12-17)18-13-5-7-15(8-6-13)19-11-3-4-16(19)20/h5-8,14,18H,3-4,9-12H2,1-2H3. The second-order valence-corrected chi connectivity index (χ2v) is 6.94. The van der Waals surface area contributed by atoms with Gasteiger partial charge in [-0.3, -0.25) is 4.79 Å². The van der Waals surface area contributed by atoms with E-state index >= 15 is 0 Å². The number of carbonyl (C=O) groups excluding carboxylic acids is 1. The average Bonchev–Trinajstić information content (AvgIpc) is 2.97. The molecule has 1 amide bonds. The molecule has 0 bridgehead atoms. The van der Waals surface area contributed by atoms with Crippen molar-refractivity contribution in [1.82, 2.24) is 0 Å². The second-order valence-electron chi connectivity index (χ2n) is 6.94. The molecular formula is C17H24N2O. The normalized spacial score (nSPS) is 25.2. The molecule has 0 aromatic heterocycles. The maximum Gasteiger partial charge on any atom is 0.227 e. The van der Waals surface area contributed by atoms with E-state index < -0.39 is 0 Å². The smallest absolute Gasteiger partial charge is 0.227 e. The molecule has 20 heavy (non-hydrogen) atoms. The summed E-state index contributed by atoms with van der Waals surface area (Å²) in [5, 5.41) is 3.62. The molecule has 3 rings (SSSR count). The Morgan fingerprint density at radius 3 is 2.55 bits per heavy atom. The third kappa shape index (κ3) is 2.82. The van der Waals surface area contributed by atoms with E-state index in [4.69, 9.17) is 0 Å². The zero-order chi connectivity index (χ0) is 14.2. The molecule has 0 spiro atoms. The fourth-order valence-corrected chi connectivity index (χ4v) is 3.45. The number of benzene rings is 1. The molecule has 3 heteroatoms. The largest absolute Gasteiger partial charge is 0.382 e. The molecule has 0 radical (unpaired) electrons. The molecule has 1 atom stereocenters. The summed E-state index contributed by atoms with van der Waals surface area (Å²) in [6.45, 7) is 5.55. The van der Waals surface area contributed by atoms with E-state index in [-0.39, 0.29) is 5.91 Å². The predicted molar refractivity (Wildman–Crippen MR) is 83.1 cm³/mol. The van der Waals surface area contributed by atoms with Crippen molar-refractivity contribution in [1.29, 1.82) is 0 Å². The van der Waals surface area contributed by atoms with Crippen molar-refractivity contribution < 1.29 is 4.79 Å². The van der Waals surface area contributed by atoms with Gasteiger partial charge in [0, 0.05) is 30.4 Å². The number of nitrogens with zero attached hydrogens (tertiary/aromatic N) is 1. The molecule has 108 valence electrons. The number of carbonyl (C=O) groups is 1. The second kappa shape index (κ2) is 5.12. The molecule has 2 fully saturated rings. The van der Waals surface area contributed by atoms with Gasteiger partial charge in [-0.05, 0) is 55.4 Å². The van der Waals surface area contributed by atoms with Crippen LogP contribution in [0.2, 0.25) is 0 Å². The van der Waals surface area contributed by atoms with Gasteiger partial charge < -0.3 is 10.2 Å². The van der Waals surface area contributed by atoms with Gasteiger partial charge in [-0.1, -0.05) is 13.8 Å². The molecule has 2 aliphatic rings. The van der Waals surface area contributed by atoms with E-state index in [0.29, 0.717) is 17.9 Å². The highest BCUT2D eigenvalue weighted by molar-refractivity contribution is 5.95. The Balaban J connectivity index is 1.63. The minimum atomic E-state index is 0.253. The lowest BCUT2D eigenvalue weighted by Gasteiger charge is -2.20. The quantitative estimate of drug-likeness (QED) is 0.907. The van der Waals surface area contributed by atoms with Gasteiger partial charge in [-0.15, -0.1) is 0 Å². The highest BCUT2D eigenvalue weighted by atomic mass is 16.2. The van der Waals surface area contributed by atoms with Crippen LogP contribution >= 0.6 is 0 Å². The van der Waals surface area contributed by atoms with Gasteiger partial charge in [0.25, 0.3) is 0 Å². The Morgan fingerprint density at radius 1 is 1.25 bits per heavy atom. The Kier molecular flexibility index (Phi) is 3.45. The van der Waals surface area contributed by atoms with E-state index in [2.05, 4.69) is 43.4 Å². The first kappa shape index (κ1) is 13.5. The maximum atomic E-state index is 11.7. The lowest BCUT2D eigenvalue weighted by Crippen LogP contribution is -2.23. The lowest BCUT2D eigenvalue weighted by molar-refractivity contribution is -0.117. The Bertz CT molecular complexity index is 492. The Morgan fingerprint density at radius 2 is 2.00 bits per heavy atom. The van der Waals surface area contributed by atoms with Crippen molar-refractivity contribution >= 4 is 17.3 Å². The molecule has 1 heterocycles. The van der Waals surface area contributed by atoms with E-state index in [1.807, 2.05) is 4.90 Å². The topological polar surface area (TPSA) is 32.3 Å². The molecule has 1 saturated heterocycles. The summed E-state index contributed by atoms with van der Waals surface area (Å²) < 4.78 is 0. The van der Waals surface area contributed by atoms with Crippen LogP contribution < -0.4 is 10.2 Å². The van der Waals surface area contributed by atoms with Crippen LogP contribution in [0.5, 0.6) is 0 Å². The first-order valence-corrected chi connectivity index (χ1v) is 7.70. The Hall–Kier alpha value is -1.51. The number of anilines is 2. The molecule has 1 unspecified atom stereocenters. The van der Waals surface area contributed by atoms with Gasteiger partial charge in [0.1, 0.15) is 0 Å². The highest BCUT2D eigenvalue weighted by Crippen LogP contribution is 2.38. The fraction of sp³-hybridized carbons (Fsp3) is 0.588. The fourth-order valence-electron chi connectivity index (χ4n) is 3.45. The summed E-state index contributed by atoms with van der Waals surface area (Å²) in [4.78, 5) is 13.6. The van der Waals surface area contributed by atoms with Crippen LogP contribution in [0, 0.1) is 5.41 Å². The lowest BCUT2D eigenvalue weighted by atomic mass is 9.92. The third-order valence-electron chi connectivity index (χ3n) is 4.59. The number of hydrogen-bond donors (Lipinski definition) is 1. The molecule has 1 aromatic carbocycles. The molecule has 3 nitrogen and oxygen atoms in total. The molecule has 1 aliphatic carbocycles. The summed E-state index contributed by atoms with van der Waals surface area (Å²) in [6.07, 6.45) is 5.46. The van der Waals surface area contributed by atoms with Gasteiger partial charge in [0.15, 0.2) is 0 Å². The number of hydrogen-bond acceptors (Lipinski definition) is 2. The van der Waals surface area contributed by atoms with Crippen LogP contribution in [0.1, 0.15) is 46.0 Å². The van der Waals surface area contributed by atoms with Gasteiger partial charge in [-0.2, -0.15) is 0 Å². The van der Waals surface area contributed by atoms with E-state index in [0.717, 1.165) is 18.7 Å². The summed E-state index contributed by atoms with van der Waals surface area (Å²) in [5.41, 5.74) is 2.67. The SMILES string of the molecule is CC1(C)CCC(Nc2ccc(N3CCCC3=O)cc2)C1. The zero-order valence-corrected chi connectivity index (χ0v) is 12.5. The van der Waals surface area contributed by atoms with E-state index in [1.165, 1.54) is 24.9 Å². The summed E-state index contributed by atoms with van der Waals surface area (Å²) >= 11 is 0. The van der Waals surface area contributed by atoms with Crippen molar-refractivity contribution in [3.05, 3.63) is 24.3 Å². The minimum absolute atomic E-state index is 0.253. The van der Waals surface area contributed by atoms with E-state index in [1.54, 1.807) is 0 Å². The van der Waals surface area contributed by atoms with Crippen LogP contribution in [0.4, 0.5) is 11.4 Å².